The van der Waals surface area contributed by atoms with Gasteiger partial charge in [0.1, 0.15) is 18.3 Å². The molecule has 10 heteroatoms. The monoisotopic (exact) mass is 655 g/mol. The van der Waals surface area contributed by atoms with Gasteiger partial charge in [-0.3, -0.25) is 13.9 Å². The van der Waals surface area contributed by atoms with Gasteiger partial charge in [-0.1, -0.05) is 77.2 Å². The summed E-state index contributed by atoms with van der Waals surface area (Å²) in [5.74, 6) is -0.457. The van der Waals surface area contributed by atoms with E-state index in [-0.39, 0.29) is 29.1 Å². The number of sulfonamides is 1. The van der Waals surface area contributed by atoms with Crippen LogP contribution in [0.3, 0.4) is 0 Å². The van der Waals surface area contributed by atoms with E-state index in [1.807, 2.05) is 31.2 Å². The van der Waals surface area contributed by atoms with Gasteiger partial charge in [0.25, 0.3) is 10.0 Å². The Morgan fingerprint density at radius 3 is 2.36 bits per heavy atom. The van der Waals surface area contributed by atoms with Gasteiger partial charge in [-0.15, -0.1) is 0 Å². The third-order valence-corrected chi connectivity index (χ3v) is 9.87. The van der Waals surface area contributed by atoms with Crippen LogP contribution in [0, 0.1) is 6.92 Å². The van der Waals surface area contributed by atoms with E-state index in [1.54, 1.807) is 43.3 Å². The third-order valence-electron chi connectivity index (χ3n) is 7.60. The minimum atomic E-state index is -4.18. The van der Waals surface area contributed by atoms with Gasteiger partial charge in [0.05, 0.1) is 17.7 Å². The van der Waals surface area contributed by atoms with Gasteiger partial charge in [0.2, 0.25) is 11.8 Å². The summed E-state index contributed by atoms with van der Waals surface area (Å²) in [5, 5.41) is 3.12. The summed E-state index contributed by atoms with van der Waals surface area (Å²) in [6, 6.07) is 19.9. The second-order valence-electron chi connectivity index (χ2n) is 10.7. The fourth-order valence-corrected chi connectivity index (χ4v) is 7.04. The van der Waals surface area contributed by atoms with Crippen molar-refractivity contribution in [1.29, 1.82) is 0 Å². The highest BCUT2D eigenvalue weighted by Crippen LogP contribution is 2.32. The minimum absolute atomic E-state index is 0.0495. The Morgan fingerprint density at radius 2 is 1.69 bits per heavy atom. The summed E-state index contributed by atoms with van der Waals surface area (Å²) in [4.78, 5) is 29.1. The third kappa shape index (κ3) is 7.72. The number of anilines is 1. The normalized spacial score (nSPS) is 14.6. The molecule has 0 unspecified atom stereocenters. The number of carbonyl (C=O) groups is 2. The van der Waals surface area contributed by atoms with Crippen molar-refractivity contribution in [3.63, 3.8) is 0 Å². The molecule has 4 rings (SSSR count). The summed E-state index contributed by atoms with van der Waals surface area (Å²) >= 11 is 3.48. The molecule has 8 nitrogen and oxygen atoms in total. The lowest BCUT2D eigenvalue weighted by Crippen LogP contribution is -2.53. The van der Waals surface area contributed by atoms with Gasteiger partial charge in [-0.25, -0.2) is 8.42 Å². The Balaban J connectivity index is 1.70. The standard InChI is InChI=1S/C32H38BrN3O5S/c1-23-16-18-28(19-17-23)42(39,40)36(29-14-7-8-15-30(29)41-3)22-31(37)35(21-25-10-9-11-26(33)20-25)24(2)32(38)34-27-12-5-4-6-13-27/h7-11,14-20,24,27H,4-6,12-13,21-22H2,1-3H3,(H,34,38)/t24-/m1/s1. The lowest BCUT2D eigenvalue weighted by Gasteiger charge is -2.33. The summed E-state index contributed by atoms with van der Waals surface area (Å²) in [6.07, 6.45) is 5.10. The SMILES string of the molecule is COc1ccccc1N(CC(=O)N(Cc1cccc(Br)c1)[C@H](C)C(=O)NC1CCCCC1)S(=O)(=O)c1ccc(C)cc1. The molecule has 2 amide bonds. The smallest absolute Gasteiger partial charge is 0.264 e. The lowest BCUT2D eigenvalue weighted by molar-refractivity contribution is -0.139. The average Bonchev–Trinajstić information content (AvgIpc) is 2.99. The number of benzene rings is 3. The summed E-state index contributed by atoms with van der Waals surface area (Å²) < 4.78 is 35.5. The molecule has 3 aromatic carbocycles. The van der Waals surface area contributed by atoms with Crippen molar-refractivity contribution in [1.82, 2.24) is 10.2 Å². The van der Waals surface area contributed by atoms with Crippen LogP contribution in [0.1, 0.15) is 50.2 Å². The van der Waals surface area contributed by atoms with Crippen molar-refractivity contribution >= 4 is 43.5 Å². The van der Waals surface area contributed by atoms with E-state index in [0.29, 0.717) is 5.75 Å². The van der Waals surface area contributed by atoms with E-state index in [1.165, 1.54) is 24.1 Å². The first-order chi connectivity index (χ1) is 20.1. The molecule has 0 saturated heterocycles. The van der Waals surface area contributed by atoms with Crippen molar-refractivity contribution in [3.8, 4) is 5.75 Å². The first-order valence-corrected chi connectivity index (χ1v) is 16.4. The molecule has 0 aliphatic heterocycles. The van der Waals surface area contributed by atoms with Crippen molar-refractivity contribution < 1.29 is 22.7 Å². The van der Waals surface area contributed by atoms with Crippen molar-refractivity contribution in [2.24, 2.45) is 0 Å². The molecule has 0 aromatic heterocycles. The highest BCUT2D eigenvalue weighted by molar-refractivity contribution is 9.10. The van der Waals surface area contributed by atoms with Gasteiger partial charge >= 0.3 is 0 Å². The molecular weight excluding hydrogens is 618 g/mol. The van der Waals surface area contributed by atoms with Gasteiger partial charge in [0.15, 0.2) is 0 Å². The number of rotatable bonds is 11. The number of aryl methyl sites for hydroxylation is 1. The van der Waals surface area contributed by atoms with Crippen LogP contribution in [0.15, 0.2) is 82.2 Å². The van der Waals surface area contributed by atoms with E-state index in [2.05, 4.69) is 21.2 Å². The van der Waals surface area contributed by atoms with E-state index in [4.69, 9.17) is 4.74 Å². The maximum atomic E-state index is 14.2. The Bertz CT molecular complexity index is 1490. The Hall–Kier alpha value is -3.37. The number of nitrogens with one attached hydrogen (secondary N) is 1. The van der Waals surface area contributed by atoms with E-state index >= 15 is 0 Å². The van der Waals surface area contributed by atoms with Crippen LogP contribution in [0.5, 0.6) is 5.75 Å². The zero-order valence-electron chi connectivity index (χ0n) is 24.3. The number of carbonyl (C=O) groups excluding carboxylic acids is 2. The van der Waals surface area contributed by atoms with Crippen LogP contribution in [-0.2, 0) is 26.2 Å². The van der Waals surface area contributed by atoms with Crippen LogP contribution in [-0.4, -0.2) is 50.9 Å². The van der Waals surface area contributed by atoms with Crippen LogP contribution < -0.4 is 14.4 Å². The molecule has 0 spiro atoms. The molecule has 1 atom stereocenters. The topological polar surface area (TPSA) is 96.0 Å². The first-order valence-electron chi connectivity index (χ1n) is 14.2. The first kappa shape index (κ1) is 31.6. The fourth-order valence-electron chi connectivity index (χ4n) is 5.17. The second kappa shape index (κ2) is 14.2. The summed E-state index contributed by atoms with van der Waals surface area (Å²) in [6.45, 7) is 3.17. The zero-order chi connectivity index (χ0) is 30.3. The molecule has 0 heterocycles. The number of ether oxygens (including phenoxy) is 1. The lowest BCUT2D eigenvalue weighted by atomic mass is 9.95. The van der Waals surface area contributed by atoms with Crippen molar-refractivity contribution in [3.05, 3.63) is 88.4 Å². The number of nitrogens with zero attached hydrogens (tertiary/aromatic N) is 2. The Labute approximate surface area is 257 Å². The number of halogens is 1. The summed E-state index contributed by atoms with van der Waals surface area (Å²) in [5.41, 5.74) is 1.95. The van der Waals surface area contributed by atoms with Crippen molar-refractivity contribution in [2.75, 3.05) is 18.0 Å². The predicted octanol–water partition coefficient (Wildman–Crippen LogP) is 5.83. The minimum Gasteiger partial charge on any atom is -0.495 e. The quantitative estimate of drug-likeness (QED) is 0.281. The number of amides is 2. The number of hydrogen-bond donors (Lipinski definition) is 1. The van der Waals surface area contributed by atoms with Crippen LogP contribution in [0.25, 0.3) is 0 Å². The van der Waals surface area contributed by atoms with E-state index in [0.717, 1.165) is 52.0 Å². The Kier molecular flexibility index (Phi) is 10.7. The molecule has 42 heavy (non-hydrogen) atoms. The molecular formula is C32H38BrN3O5S. The van der Waals surface area contributed by atoms with Gasteiger partial charge in [0, 0.05) is 17.1 Å². The van der Waals surface area contributed by atoms with E-state index < -0.39 is 28.5 Å². The molecule has 1 aliphatic rings. The molecule has 0 bridgehead atoms. The zero-order valence-corrected chi connectivity index (χ0v) is 26.7. The largest absolute Gasteiger partial charge is 0.495 e. The molecule has 224 valence electrons. The number of methoxy groups -OCH3 is 1. The number of para-hydroxylation sites is 2. The molecule has 1 N–H and O–H groups in total. The maximum Gasteiger partial charge on any atom is 0.264 e. The van der Waals surface area contributed by atoms with Crippen molar-refractivity contribution in [2.45, 2.75) is 69.5 Å². The van der Waals surface area contributed by atoms with Crippen LogP contribution >= 0.6 is 15.9 Å². The molecule has 3 aromatic rings. The fraction of sp³-hybridized carbons (Fsp3) is 0.375. The van der Waals surface area contributed by atoms with E-state index in [9.17, 15) is 18.0 Å². The van der Waals surface area contributed by atoms with Gasteiger partial charge in [-0.2, -0.15) is 0 Å². The molecule has 1 aliphatic carbocycles. The van der Waals surface area contributed by atoms with Crippen LogP contribution in [0.4, 0.5) is 5.69 Å². The van der Waals surface area contributed by atoms with Gasteiger partial charge < -0.3 is 15.0 Å². The van der Waals surface area contributed by atoms with Crippen LogP contribution in [0.2, 0.25) is 0 Å². The molecule has 1 fully saturated rings. The summed E-state index contributed by atoms with van der Waals surface area (Å²) in [7, 11) is -2.73. The Morgan fingerprint density at radius 1 is 1.00 bits per heavy atom. The number of hydrogen-bond acceptors (Lipinski definition) is 5. The highest BCUT2D eigenvalue weighted by atomic mass is 79.9. The molecule has 1 saturated carbocycles. The van der Waals surface area contributed by atoms with Gasteiger partial charge in [-0.05, 0) is 68.7 Å². The highest BCUT2D eigenvalue weighted by Gasteiger charge is 2.34. The molecule has 0 radical (unpaired) electrons. The second-order valence-corrected chi connectivity index (χ2v) is 13.4. The predicted molar refractivity (Wildman–Crippen MR) is 168 cm³/mol. The average molecular weight is 657 g/mol. The maximum absolute atomic E-state index is 14.2.